The van der Waals surface area contributed by atoms with E-state index in [0.717, 1.165) is 88.1 Å². The Bertz CT molecular complexity index is 4130. The van der Waals surface area contributed by atoms with E-state index in [2.05, 4.69) is 162 Å². The summed E-state index contributed by atoms with van der Waals surface area (Å²) in [6.45, 7) is 0. The van der Waals surface area contributed by atoms with Crippen molar-refractivity contribution in [1.29, 1.82) is 0 Å². The first-order valence-electron chi connectivity index (χ1n) is 21.2. The van der Waals surface area contributed by atoms with E-state index in [1.165, 1.54) is 32.3 Å². The molecule has 0 aliphatic heterocycles. The van der Waals surface area contributed by atoms with Gasteiger partial charge in [0.05, 0.1) is 22.1 Å². The molecule has 0 fully saturated rings. The van der Waals surface area contributed by atoms with Crippen LogP contribution >= 0.6 is 0 Å². The summed E-state index contributed by atoms with van der Waals surface area (Å²) in [6, 6.07) is 68.1. The topological polar surface area (TPSA) is 69.9 Å². The zero-order valence-corrected chi connectivity index (χ0v) is 33.6. The number of benzene rings is 10. The Morgan fingerprint density at radius 3 is 1.54 bits per heavy atom. The van der Waals surface area contributed by atoms with Crippen LogP contribution < -0.4 is 0 Å². The molecule has 0 amide bonds. The fraction of sp³-hybridized carbons (Fsp3) is 0. The standard InChI is InChI=1S/C57H32N4O2/c1-3-15-36-28-47-45(26-34(36)13-1)46-27-35-14-2-4-16-37(35)29-48(46)61(47)49-30-39(32-53-54(49)44-20-8-10-23-51(44)63-53)56-58-55(38-24-25-42-41-19-7-9-22-50(41)62-52(42)31-38)59-57(60-56)43-21-11-17-33-12-5-6-18-40(33)43/h1-32H. The second-order valence-corrected chi connectivity index (χ2v) is 16.4. The molecule has 63 heavy (non-hydrogen) atoms. The van der Waals surface area contributed by atoms with Gasteiger partial charge in [0.1, 0.15) is 22.3 Å². The van der Waals surface area contributed by atoms with Crippen LogP contribution in [0.15, 0.2) is 203 Å². The monoisotopic (exact) mass is 804 g/mol. The minimum absolute atomic E-state index is 0.535. The number of rotatable bonds is 4. The lowest BCUT2D eigenvalue weighted by atomic mass is 10.0. The summed E-state index contributed by atoms with van der Waals surface area (Å²) in [4.78, 5) is 15.9. The number of fused-ring (bicyclic) bond motifs is 12. The Morgan fingerprint density at radius 2 is 0.825 bits per heavy atom. The van der Waals surface area contributed by atoms with Gasteiger partial charge in [-0.2, -0.15) is 0 Å². The van der Waals surface area contributed by atoms with Gasteiger partial charge in [0.25, 0.3) is 0 Å². The van der Waals surface area contributed by atoms with Crippen LogP contribution in [0.3, 0.4) is 0 Å². The Kier molecular flexibility index (Phi) is 7.02. The predicted molar refractivity (Wildman–Crippen MR) is 258 cm³/mol. The van der Waals surface area contributed by atoms with E-state index in [4.69, 9.17) is 23.8 Å². The van der Waals surface area contributed by atoms with Crippen molar-refractivity contribution in [2.45, 2.75) is 0 Å². The third-order valence-electron chi connectivity index (χ3n) is 12.8. The largest absolute Gasteiger partial charge is 0.456 e. The predicted octanol–water partition coefficient (Wildman–Crippen LogP) is 15.2. The van der Waals surface area contributed by atoms with Crippen molar-refractivity contribution in [3.63, 3.8) is 0 Å². The zero-order valence-electron chi connectivity index (χ0n) is 33.6. The van der Waals surface area contributed by atoms with Crippen LogP contribution in [-0.4, -0.2) is 19.5 Å². The van der Waals surface area contributed by atoms with E-state index >= 15 is 0 Å². The molecule has 0 saturated heterocycles. The fourth-order valence-electron chi connectivity index (χ4n) is 9.83. The number of aromatic nitrogens is 4. The highest BCUT2D eigenvalue weighted by molar-refractivity contribution is 6.19. The van der Waals surface area contributed by atoms with Crippen molar-refractivity contribution >= 4 is 98.0 Å². The SMILES string of the molecule is c1ccc2cc3c(cc2c1)c1cc2ccccc2cc1n3-c1cc(-c2nc(-c3ccc4c(c3)oc3ccccc34)nc(-c3cccc4ccccc34)n2)cc2oc3ccccc3c12. The quantitative estimate of drug-likeness (QED) is 0.177. The molecule has 10 aromatic carbocycles. The number of hydrogen-bond donors (Lipinski definition) is 0. The van der Waals surface area contributed by atoms with Gasteiger partial charge in [-0.05, 0) is 93.0 Å². The molecular formula is C57H32N4O2. The van der Waals surface area contributed by atoms with E-state index in [0.29, 0.717) is 17.5 Å². The lowest BCUT2D eigenvalue weighted by Gasteiger charge is -2.14. The van der Waals surface area contributed by atoms with Gasteiger partial charge < -0.3 is 13.4 Å². The third kappa shape index (κ3) is 5.15. The fourth-order valence-corrected chi connectivity index (χ4v) is 9.83. The van der Waals surface area contributed by atoms with Crippen molar-refractivity contribution in [1.82, 2.24) is 19.5 Å². The molecule has 4 heterocycles. The highest BCUT2D eigenvalue weighted by atomic mass is 16.3. The molecule has 0 aliphatic carbocycles. The number of furan rings is 2. The minimum atomic E-state index is 0.535. The molecule has 4 aromatic heterocycles. The van der Waals surface area contributed by atoms with E-state index in [-0.39, 0.29) is 0 Å². The number of nitrogens with zero attached hydrogens (tertiary/aromatic N) is 4. The highest BCUT2D eigenvalue weighted by Crippen LogP contribution is 2.43. The van der Waals surface area contributed by atoms with Gasteiger partial charge in [-0.3, -0.25) is 0 Å². The normalized spacial score (nSPS) is 12.1. The number of para-hydroxylation sites is 2. The second-order valence-electron chi connectivity index (χ2n) is 16.4. The average molecular weight is 805 g/mol. The zero-order chi connectivity index (χ0) is 41.2. The van der Waals surface area contributed by atoms with E-state index in [9.17, 15) is 0 Å². The highest BCUT2D eigenvalue weighted by Gasteiger charge is 2.23. The first-order chi connectivity index (χ1) is 31.2. The summed E-state index contributed by atoms with van der Waals surface area (Å²) in [7, 11) is 0. The third-order valence-corrected chi connectivity index (χ3v) is 12.8. The van der Waals surface area contributed by atoms with Gasteiger partial charge in [0.2, 0.25) is 0 Å². The maximum Gasteiger partial charge on any atom is 0.164 e. The van der Waals surface area contributed by atoms with Crippen LogP contribution in [-0.2, 0) is 0 Å². The molecule has 6 nitrogen and oxygen atoms in total. The first kappa shape index (κ1) is 34.1. The molecule has 0 bridgehead atoms. The second kappa shape index (κ2) is 12.9. The average Bonchev–Trinajstić information content (AvgIpc) is 4.00. The maximum absolute atomic E-state index is 6.79. The summed E-state index contributed by atoms with van der Waals surface area (Å²) in [6.07, 6.45) is 0. The molecule has 14 rings (SSSR count). The lowest BCUT2D eigenvalue weighted by Crippen LogP contribution is -2.02. The Morgan fingerprint density at radius 1 is 0.317 bits per heavy atom. The van der Waals surface area contributed by atoms with Crippen LogP contribution in [0.5, 0.6) is 0 Å². The molecule has 0 atom stereocenters. The summed E-state index contributed by atoms with van der Waals surface area (Å²) >= 11 is 0. The number of hydrogen-bond acceptors (Lipinski definition) is 5. The molecule has 0 saturated carbocycles. The molecule has 292 valence electrons. The van der Waals surface area contributed by atoms with Gasteiger partial charge in [0, 0.05) is 43.6 Å². The smallest absolute Gasteiger partial charge is 0.164 e. The van der Waals surface area contributed by atoms with Crippen molar-refractivity contribution < 1.29 is 8.83 Å². The minimum Gasteiger partial charge on any atom is -0.456 e. The van der Waals surface area contributed by atoms with E-state index in [1.54, 1.807) is 0 Å². The van der Waals surface area contributed by atoms with Crippen molar-refractivity contribution in [3.05, 3.63) is 194 Å². The van der Waals surface area contributed by atoms with Crippen LogP contribution in [0.4, 0.5) is 0 Å². The molecule has 0 N–H and O–H groups in total. The van der Waals surface area contributed by atoms with Gasteiger partial charge in [-0.15, -0.1) is 0 Å². The van der Waals surface area contributed by atoms with Crippen LogP contribution in [0.2, 0.25) is 0 Å². The van der Waals surface area contributed by atoms with Crippen molar-refractivity contribution in [3.8, 4) is 39.9 Å². The van der Waals surface area contributed by atoms with Crippen molar-refractivity contribution in [2.75, 3.05) is 0 Å². The molecule has 0 unspecified atom stereocenters. The molecule has 14 aromatic rings. The van der Waals surface area contributed by atoms with Gasteiger partial charge in [-0.25, -0.2) is 15.0 Å². The van der Waals surface area contributed by atoms with Gasteiger partial charge in [-0.1, -0.05) is 133 Å². The lowest BCUT2D eigenvalue weighted by molar-refractivity contribution is 0.668. The van der Waals surface area contributed by atoms with Crippen LogP contribution in [0, 0.1) is 0 Å². The Labute approximate surface area is 358 Å². The summed E-state index contributed by atoms with van der Waals surface area (Å²) in [5, 5.41) is 13.5. The molecule has 0 spiro atoms. The van der Waals surface area contributed by atoms with E-state index in [1.807, 2.05) is 36.4 Å². The van der Waals surface area contributed by atoms with Gasteiger partial charge in [0.15, 0.2) is 17.5 Å². The summed E-state index contributed by atoms with van der Waals surface area (Å²) in [5.74, 6) is 1.66. The van der Waals surface area contributed by atoms with E-state index < -0.39 is 0 Å². The summed E-state index contributed by atoms with van der Waals surface area (Å²) in [5.41, 5.74) is 8.94. The molecular weight excluding hydrogens is 773 g/mol. The van der Waals surface area contributed by atoms with Gasteiger partial charge >= 0.3 is 0 Å². The molecule has 0 radical (unpaired) electrons. The van der Waals surface area contributed by atoms with Crippen molar-refractivity contribution in [2.24, 2.45) is 0 Å². The summed E-state index contributed by atoms with van der Waals surface area (Å²) < 4.78 is 15.6. The maximum atomic E-state index is 6.79. The first-order valence-corrected chi connectivity index (χ1v) is 21.2. The van der Waals surface area contributed by atoms with Crippen LogP contribution in [0.1, 0.15) is 0 Å². The van der Waals surface area contributed by atoms with Crippen LogP contribution in [0.25, 0.3) is 138 Å². The molecule has 6 heteroatoms. The Hall–Kier alpha value is -8.61. The Balaban J connectivity index is 1.09. The molecule has 0 aliphatic rings.